The van der Waals surface area contributed by atoms with Crippen molar-refractivity contribution in [1.29, 1.82) is 0 Å². The highest BCUT2D eigenvalue weighted by molar-refractivity contribution is 4.98. The molecule has 0 bridgehead atoms. The molecule has 2 heteroatoms. The fraction of sp³-hybridized carbons (Fsp3) is 0.833. The fourth-order valence-electron chi connectivity index (χ4n) is 1.05. The van der Waals surface area contributed by atoms with Crippen LogP contribution in [0.1, 0.15) is 41.0 Å². The molecule has 1 unspecified atom stereocenters. The van der Waals surface area contributed by atoms with Gasteiger partial charge in [-0.3, -0.25) is 0 Å². The normalized spacial score (nSPS) is 13.2. The zero-order valence-corrected chi connectivity index (χ0v) is 10.1. The summed E-state index contributed by atoms with van der Waals surface area (Å²) in [6.07, 6.45) is 0.862. The minimum Gasteiger partial charge on any atom is -0.374 e. The van der Waals surface area contributed by atoms with Crippen molar-refractivity contribution < 1.29 is 4.74 Å². The summed E-state index contributed by atoms with van der Waals surface area (Å²) < 4.78 is 5.71. The predicted octanol–water partition coefficient (Wildman–Crippen LogP) is 2.19. The van der Waals surface area contributed by atoms with E-state index in [4.69, 9.17) is 4.74 Å². The van der Waals surface area contributed by atoms with Crippen LogP contribution in [0.2, 0.25) is 0 Å². The van der Waals surface area contributed by atoms with Crippen LogP contribution in [0.3, 0.4) is 0 Å². The maximum atomic E-state index is 5.71. The second kappa shape index (κ2) is 6.86. The molecular weight excluding hydrogens is 174 g/mol. The molecule has 0 saturated carbocycles. The Morgan fingerprint density at radius 2 is 2.00 bits per heavy atom. The molecule has 0 aromatic heterocycles. The van der Waals surface area contributed by atoms with E-state index in [1.807, 2.05) is 6.92 Å². The van der Waals surface area contributed by atoms with E-state index in [9.17, 15) is 0 Å². The third-order valence-electron chi connectivity index (χ3n) is 1.74. The third-order valence-corrected chi connectivity index (χ3v) is 1.74. The van der Waals surface area contributed by atoms with Crippen LogP contribution in [0.15, 0.2) is 0 Å². The Kier molecular flexibility index (Phi) is 6.61. The topological polar surface area (TPSA) is 21.3 Å². The van der Waals surface area contributed by atoms with Crippen LogP contribution in [0.4, 0.5) is 0 Å². The maximum Gasteiger partial charge on any atom is 0.0636 e. The standard InChI is InChI=1S/C12H23NO/c1-6-8-9-11(13-7-2)10-14-12(3,4)5/h11,13H,7,9-10H2,1-5H3. The van der Waals surface area contributed by atoms with E-state index in [1.165, 1.54) is 0 Å². The zero-order chi connectivity index (χ0) is 11.0. The number of likely N-dealkylation sites (N-methyl/N-ethyl adjacent to an activating group) is 1. The Morgan fingerprint density at radius 3 is 2.43 bits per heavy atom. The van der Waals surface area contributed by atoms with E-state index in [-0.39, 0.29) is 5.60 Å². The summed E-state index contributed by atoms with van der Waals surface area (Å²) in [7, 11) is 0. The van der Waals surface area contributed by atoms with Gasteiger partial charge in [-0.2, -0.15) is 0 Å². The Labute approximate surface area is 88.4 Å². The van der Waals surface area contributed by atoms with Gasteiger partial charge >= 0.3 is 0 Å². The summed E-state index contributed by atoms with van der Waals surface area (Å²) in [6.45, 7) is 11.9. The van der Waals surface area contributed by atoms with Gasteiger partial charge in [0.05, 0.1) is 12.2 Å². The van der Waals surface area contributed by atoms with Crippen molar-refractivity contribution in [2.45, 2.75) is 52.7 Å². The molecule has 0 rings (SSSR count). The number of nitrogens with one attached hydrogen (secondary N) is 1. The van der Waals surface area contributed by atoms with Gasteiger partial charge in [0, 0.05) is 12.5 Å². The van der Waals surface area contributed by atoms with Crippen LogP contribution in [-0.4, -0.2) is 24.8 Å². The number of hydrogen-bond donors (Lipinski definition) is 1. The highest BCUT2D eigenvalue weighted by atomic mass is 16.5. The lowest BCUT2D eigenvalue weighted by Gasteiger charge is -2.23. The maximum absolute atomic E-state index is 5.71. The average molecular weight is 197 g/mol. The molecule has 0 heterocycles. The molecule has 0 aliphatic carbocycles. The first-order valence-corrected chi connectivity index (χ1v) is 5.26. The van der Waals surface area contributed by atoms with Crippen molar-refractivity contribution in [2.24, 2.45) is 0 Å². The molecule has 2 nitrogen and oxygen atoms in total. The van der Waals surface area contributed by atoms with Gasteiger partial charge in [0.2, 0.25) is 0 Å². The van der Waals surface area contributed by atoms with Crippen LogP contribution in [-0.2, 0) is 4.74 Å². The molecule has 1 N–H and O–H groups in total. The molecule has 0 aromatic carbocycles. The van der Waals surface area contributed by atoms with Crippen LogP contribution in [0, 0.1) is 11.8 Å². The summed E-state index contributed by atoms with van der Waals surface area (Å²) in [5, 5.41) is 3.36. The van der Waals surface area contributed by atoms with E-state index in [1.54, 1.807) is 0 Å². The Balaban J connectivity index is 3.88. The van der Waals surface area contributed by atoms with Gasteiger partial charge < -0.3 is 10.1 Å². The van der Waals surface area contributed by atoms with Crippen molar-refractivity contribution in [3.8, 4) is 11.8 Å². The molecule has 14 heavy (non-hydrogen) atoms. The number of hydrogen-bond acceptors (Lipinski definition) is 2. The Hall–Kier alpha value is -0.520. The molecule has 0 aliphatic rings. The first-order chi connectivity index (χ1) is 6.49. The summed E-state index contributed by atoms with van der Waals surface area (Å²) in [4.78, 5) is 0. The van der Waals surface area contributed by atoms with E-state index < -0.39 is 0 Å². The molecule has 0 saturated heterocycles. The van der Waals surface area contributed by atoms with E-state index in [2.05, 4.69) is 44.9 Å². The summed E-state index contributed by atoms with van der Waals surface area (Å²) in [5.74, 6) is 5.99. The molecule has 1 atom stereocenters. The van der Waals surface area contributed by atoms with Gasteiger partial charge in [-0.25, -0.2) is 0 Å². The highest BCUT2D eigenvalue weighted by Crippen LogP contribution is 2.07. The minimum absolute atomic E-state index is 0.0622. The van der Waals surface area contributed by atoms with Gasteiger partial charge in [-0.15, -0.1) is 11.8 Å². The monoisotopic (exact) mass is 197 g/mol. The first-order valence-electron chi connectivity index (χ1n) is 5.26. The quantitative estimate of drug-likeness (QED) is 0.682. The van der Waals surface area contributed by atoms with Gasteiger partial charge in [0.15, 0.2) is 0 Å². The summed E-state index contributed by atoms with van der Waals surface area (Å²) in [6, 6.07) is 0.353. The average Bonchev–Trinajstić information content (AvgIpc) is 2.08. The van der Waals surface area contributed by atoms with Crippen molar-refractivity contribution in [3.05, 3.63) is 0 Å². The fourth-order valence-corrected chi connectivity index (χ4v) is 1.05. The second-order valence-electron chi connectivity index (χ2n) is 4.31. The molecule has 0 aliphatic heterocycles. The van der Waals surface area contributed by atoms with Crippen LogP contribution in [0.5, 0.6) is 0 Å². The smallest absolute Gasteiger partial charge is 0.0636 e. The zero-order valence-electron chi connectivity index (χ0n) is 10.1. The predicted molar refractivity (Wildman–Crippen MR) is 61.2 cm³/mol. The molecular formula is C12H23NO. The van der Waals surface area contributed by atoms with E-state index in [0.717, 1.165) is 19.6 Å². The first kappa shape index (κ1) is 13.5. The summed E-state index contributed by atoms with van der Waals surface area (Å²) in [5.41, 5.74) is -0.0622. The molecule has 0 spiro atoms. The SMILES string of the molecule is CC#CCC(COC(C)(C)C)NCC. The lowest BCUT2D eigenvalue weighted by atomic mass is 10.1. The molecule has 82 valence electrons. The van der Waals surface area contributed by atoms with Gasteiger partial charge in [-0.1, -0.05) is 6.92 Å². The third kappa shape index (κ3) is 8.10. The molecule has 0 aromatic rings. The van der Waals surface area contributed by atoms with Crippen molar-refractivity contribution in [2.75, 3.05) is 13.2 Å². The Morgan fingerprint density at radius 1 is 1.36 bits per heavy atom. The lowest BCUT2D eigenvalue weighted by Crippen LogP contribution is -2.36. The molecule has 0 fully saturated rings. The van der Waals surface area contributed by atoms with Crippen LogP contribution in [0.25, 0.3) is 0 Å². The number of rotatable bonds is 5. The van der Waals surface area contributed by atoms with Gasteiger partial charge in [-0.05, 0) is 34.2 Å². The van der Waals surface area contributed by atoms with Gasteiger partial charge in [0.1, 0.15) is 0 Å². The van der Waals surface area contributed by atoms with Crippen LogP contribution >= 0.6 is 0 Å². The highest BCUT2D eigenvalue weighted by Gasteiger charge is 2.13. The molecule has 0 radical (unpaired) electrons. The van der Waals surface area contributed by atoms with Crippen LogP contribution < -0.4 is 5.32 Å². The number of ether oxygens (including phenoxy) is 1. The minimum atomic E-state index is -0.0622. The lowest BCUT2D eigenvalue weighted by molar-refractivity contribution is -0.0136. The van der Waals surface area contributed by atoms with E-state index >= 15 is 0 Å². The van der Waals surface area contributed by atoms with Gasteiger partial charge in [0.25, 0.3) is 0 Å². The molecule has 0 amide bonds. The Bertz CT molecular complexity index is 195. The van der Waals surface area contributed by atoms with E-state index in [0.29, 0.717) is 6.04 Å². The van der Waals surface area contributed by atoms with Crippen molar-refractivity contribution in [3.63, 3.8) is 0 Å². The van der Waals surface area contributed by atoms with Crippen molar-refractivity contribution in [1.82, 2.24) is 5.32 Å². The largest absolute Gasteiger partial charge is 0.374 e. The second-order valence-corrected chi connectivity index (χ2v) is 4.31. The van der Waals surface area contributed by atoms with Crippen molar-refractivity contribution >= 4 is 0 Å². The summed E-state index contributed by atoms with van der Waals surface area (Å²) >= 11 is 0.